The number of aromatic nitrogens is 4. The van der Waals surface area contributed by atoms with Crippen LogP contribution in [0.1, 0.15) is 17.4 Å². The SMILES string of the molecule is COCCn1nnnc1C(c1ccccc1F)N1CCN(c2ccc(OC)cc2)CC1. The zero-order chi connectivity index (χ0) is 21.6. The second-order valence-electron chi connectivity index (χ2n) is 7.40. The molecule has 1 unspecified atom stereocenters. The van der Waals surface area contributed by atoms with E-state index in [9.17, 15) is 4.39 Å². The lowest BCUT2D eigenvalue weighted by atomic mass is 10.0. The summed E-state index contributed by atoms with van der Waals surface area (Å²) >= 11 is 0. The van der Waals surface area contributed by atoms with Crippen LogP contribution in [0, 0.1) is 5.82 Å². The predicted octanol–water partition coefficient (Wildman–Crippen LogP) is 2.38. The summed E-state index contributed by atoms with van der Waals surface area (Å²) in [6.45, 7) is 4.13. The maximum Gasteiger partial charge on any atom is 0.173 e. The molecule has 0 aliphatic carbocycles. The Labute approximate surface area is 181 Å². The Balaban J connectivity index is 1.57. The highest BCUT2D eigenvalue weighted by molar-refractivity contribution is 5.49. The van der Waals surface area contributed by atoms with Gasteiger partial charge in [-0.1, -0.05) is 18.2 Å². The molecule has 3 aromatic rings. The van der Waals surface area contributed by atoms with E-state index in [1.165, 1.54) is 6.07 Å². The van der Waals surface area contributed by atoms with E-state index in [0.29, 0.717) is 24.5 Å². The summed E-state index contributed by atoms with van der Waals surface area (Å²) in [5.41, 5.74) is 1.72. The molecule has 9 heteroatoms. The van der Waals surface area contributed by atoms with E-state index in [2.05, 4.69) is 37.5 Å². The van der Waals surface area contributed by atoms with Crippen molar-refractivity contribution in [3.63, 3.8) is 0 Å². The maximum atomic E-state index is 14.8. The number of benzene rings is 2. The lowest BCUT2D eigenvalue weighted by Gasteiger charge is -2.40. The number of piperazine rings is 1. The van der Waals surface area contributed by atoms with Gasteiger partial charge in [-0.05, 0) is 40.8 Å². The summed E-state index contributed by atoms with van der Waals surface area (Å²) in [5, 5.41) is 12.2. The van der Waals surface area contributed by atoms with Crippen LogP contribution in [0.4, 0.5) is 10.1 Å². The fourth-order valence-corrected chi connectivity index (χ4v) is 3.97. The molecule has 2 aromatic carbocycles. The van der Waals surface area contributed by atoms with Gasteiger partial charge in [-0.3, -0.25) is 4.90 Å². The Morgan fingerprint density at radius 3 is 2.42 bits per heavy atom. The molecule has 0 radical (unpaired) electrons. The number of ether oxygens (including phenoxy) is 2. The molecule has 1 saturated heterocycles. The standard InChI is InChI=1S/C22H27FN6O2/c1-30-16-15-29-22(24-25-26-29)21(19-5-3-4-6-20(19)23)28-13-11-27(12-14-28)17-7-9-18(31-2)10-8-17/h3-10,21H,11-16H2,1-2H3. The molecule has 0 bridgehead atoms. The van der Waals surface area contributed by atoms with Crippen molar-refractivity contribution in [2.45, 2.75) is 12.6 Å². The molecule has 4 rings (SSSR count). The minimum Gasteiger partial charge on any atom is -0.497 e. The minimum absolute atomic E-state index is 0.258. The Hall–Kier alpha value is -3.04. The lowest BCUT2D eigenvalue weighted by molar-refractivity contribution is 0.171. The number of rotatable bonds is 8. The molecule has 8 nitrogen and oxygen atoms in total. The Morgan fingerprint density at radius 1 is 1.00 bits per heavy atom. The highest BCUT2D eigenvalue weighted by Gasteiger charge is 2.32. The van der Waals surface area contributed by atoms with Gasteiger partial charge in [-0.15, -0.1) is 5.10 Å². The number of methoxy groups -OCH3 is 2. The van der Waals surface area contributed by atoms with Gasteiger partial charge in [0.1, 0.15) is 17.6 Å². The van der Waals surface area contributed by atoms with Gasteiger partial charge < -0.3 is 14.4 Å². The van der Waals surface area contributed by atoms with Crippen LogP contribution in [0.5, 0.6) is 5.75 Å². The number of nitrogens with zero attached hydrogens (tertiary/aromatic N) is 6. The van der Waals surface area contributed by atoms with Crippen LogP contribution < -0.4 is 9.64 Å². The molecule has 31 heavy (non-hydrogen) atoms. The summed E-state index contributed by atoms with van der Waals surface area (Å²) in [7, 11) is 3.30. The van der Waals surface area contributed by atoms with Crippen molar-refractivity contribution < 1.29 is 13.9 Å². The summed E-state index contributed by atoms with van der Waals surface area (Å²) in [4.78, 5) is 4.57. The van der Waals surface area contributed by atoms with Crippen molar-refractivity contribution >= 4 is 5.69 Å². The topological polar surface area (TPSA) is 68.5 Å². The van der Waals surface area contributed by atoms with Crippen LogP contribution in [0.3, 0.4) is 0 Å². The number of anilines is 1. The third-order valence-electron chi connectivity index (χ3n) is 5.63. The fraction of sp³-hybridized carbons (Fsp3) is 0.409. The molecule has 0 spiro atoms. The van der Waals surface area contributed by atoms with E-state index in [4.69, 9.17) is 9.47 Å². The zero-order valence-electron chi connectivity index (χ0n) is 17.8. The average Bonchev–Trinajstić information content (AvgIpc) is 3.28. The molecular weight excluding hydrogens is 399 g/mol. The number of tetrazole rings is 1. The normalized spacial score (nSPS) is 15.8. The molecule has 1 aliphatic heterocycles. The molecular formula is C22H27FN6O2. The molecule has 1 aromatic heterocycles. The zero-order valence-corrected chi connectivity index (χ0v) is 17.8. The van der Waals surface area contributed by atoms with Crippen molar-refractivity contribution in [1.29, 1.82) is 0 Å². The first-order valence-corrected chi connectivity index (χ1v) is 10.3. The van der Waals surface area contributed by atoms with E-state index < -0.39 is 0 Å². The third kappa shape index (κ3) is 4.67. The second-order valence-corrected chi connectivity index (χ2v) is 7.40. The molecule has 164 valence electrons. The molecule has 0 N–H and O–H groups in total. The molecule has 1 fully saturated rings. The van der Waals surface area contributed by atoms with Crippen LogP contribution in [0.15, 0.2) is 48.5 Å². The van der Waals surface area contributed by atoms with Crippen LogP contribution in [0.2, 0.25) is 0 Å². The molecule has 0 saturated carbocycles. The molecule has 2 heterocycles. The van der Waals surface area contributed by atoms with Crippen molar-refractivity contribution in [1.82, 2.24) is 25.1 Å². The molecule has 1 aliphatic rings. The quantitative estimate of drug-likeness (QED) is 0.548. The highest BCUT2D eigenvalue weighted by Crippen LogP contribution is 2.31. The maximum absolute atomic E-state index is 14.8. The van der Waals surface area contributed by atoms with Gasteiger partial charge in [-0.2, -0.15) is 0 Å². The van der Waals surface area contributed by atoms with Gasteiger partial charge in [0.2, 0.25) is 0 Å². The number of hydrogen-bond acceptors (Lipinski definition) is 7. The minimum atomic E-state index is -0.369. The third-order valence-corrected chi connectivity index (χ3v) is 5.63. The largest absolute Gasteiger partial charge is 0.497 e. The monoisotopic (exact) mass is 426 g/mol. The second kappa shape index (κ2) is 9.84. The van der Waals surface area contributed by atoms with Crippen molar-refractivity contribution in [3.8, 4) is 5.75 Å². The van der Waals surface area contributed by atoms with Crippen LogP contribution in [-0.2, 0) is 11.3 Å². The smallest absolute Gasteiger partial charge is 0.173 e. The Kier molecular flexibility index (Phi) is 6.73. The summed E-state index contributed by atoms with van der Waals surface area (Å²) < 4.78 is 27.0. The van der Waals surface area contributed by atoms with Crippen LogP contribution in [0.25, 0.3) is 0 Å². The van der Waals surface area contributed by atoms with Crippen LogP contribution in [-0.4, -0.2) is 72.1 Å². The van der Waals surface area contributed by atoms with Gasteiger partial charge in [0.05, 0.1) is 20.3 Å². The first-order chi connectivity index (χ1) is 15.2. The van der Waals surface area contributed by atoms with Gasteiger partial charge in [0.25, 0.3) is 0 Å². The average molecular weight is 426 g/mol. The lowest BCUT2D eigenvalue weighted by Crippen LogP contribution is -2.48. The van der Waals surface area contributed by atoms with Crippen molar-refractivity contribution in [2.75, 3.05) is 51.9 Å². The van der Waals surface area contributed by atoms with Crippen LogP contribution >= 0.6 is 0 Å². The molecule has 0 amide bonds. The number of hydrogen-bond donors (Lipinski definition) is 0. The Morgan fingerprint density at radius 2 is 1.74 bits per heavy atom. The first-order valence-electron chi connectivity index (χ1n) is 10.3. The summed E-state index contributed by atoms with van der Waals surface area (Å²) in [6.07, 6.45) is 0. The summed E-state index contributed by atoms with van der Waals surface area (Å²) in [5.74, 6) is 1.20. The van der Waals surface area contributed by atoms with E-state index in [0.717, 1.165) is 37.6 Å². The fourth-order valence-electron chi connectivity index (χ4n) is 3.97. The number of halogens is 1. The van der Waals surface area contributed by atoms with E-state index in [-0.39, 0.29) is 11.9 Å². The van der Waals surface area contributed by atoms with E-state index in [1.54, 1.807) is 25.0 Å². The van der Waals surface area contributed by atoms with E-state index in [1.807, 2.05) is 24.3 Å². The van der Waals surface area contributed by atoms with E-state index >= 15 is 0 Å². The highest BCUT2D eigenvalue weighted by atomic mass is 19.1. The van der Waals surface area contributed by atoms with Crippen molar-refractivity contribution in [2.24, 2.45) is 0 Å². The predicted molar refractivity (Wildman–Crippen MR) is 115 cm³/mol. The van der Waals surface area contributed by atoms with Gasteiger partial charge in [-0.25, -0.2) is 9.07 Å². The van der Waals surface area contributed by atoms with Gasteiger partial charge >= 0.3 is 0 Å². The van der Waals surface area contributed by atoms with Gasteiger partial charge in [0.15, 0.2) is 5.82 Å². The summed E-state index contributed by atoms with van der Waals surface area (Å²) in [6, 6.07) is 14.5. The first kappa shape index (κ1) is 21.2. The molecule has 1 atom stereocenters. The van der Waals surface area contributed by atoms with Crippen molar-refractivity contribution in [3.05, 3.63) is 65.7 Å². The Bertz CT molecular complexity index is 972. The van der Waals surface area contributed by atoms with Gasteiger partial charge in [0, 0.05) is 44.5 Å².